The van der Waals surface area contributed by atoms with Crippen LogP contribution in [0.1, 0.15) is 51.1 Å². The Kier molecular flexibility index (Phi) is 4.40. The van der Waals surface area contributed by atoms with Gasteiger partial charge in [0.2, 0.25) is 0 Å². The molecule has 1 saturated carbocycles. The van der Waals surface area contributed by atoms with Gasteiger partial charge in [-0.25, -0.2) is 0 Å². The second kappa shape index (κ2) is 6.04. The van der Waals surface area contributed by atoms with Crippen LogP contribution >= 0.6 is 0 Å². The molecule has 0 bridgehead atoms. The molecule has 0 spiro atoms. The summed E-state index contributed by atoms with van der Waals surface area (Å²) >= 11 is 0. The second-order valence-electron chi connectivity index (χ2n) is 4.88. The molecule has 1 atom stereocenters. The van der Waals surface area contributed by atoms with Crippen LogP contribution < -0.4 is 5.32 Å². The van der Waals surface area contributed by atoms with Gasteiger partial charge < -0.3 is 5.32 Å². The molecule has 1 aromatic heterocycles. The molecule has 1 aromatic rings. The van der Waals surface area contributed by atoms with Crippen LogP contribution in [0.25, 0.3) is 0 Å². The number of nitrogens with one attached hydrogen (secondary N) is 2. The predicted octanol–water partition coefficient (Wildman–Crippen LogP) is 2.86. The third-order valence-corrected chi connectivity index (χ3v) is 3.77. The number of nitrogens with zero attached hydrogens (tertiary/aromatic N) is 1. The maximum absolute atomic E-state index is 3.97. The second-order valence-corrected chi connectivity index (χ2v) is 4.88. The number of hydrogen-bond acceptors (Lipinski definition) is 2. The first-order valence-electron chi connectivity index (χ1n) is 6.61. The zero-order valence-corrected chi connectivity index (χ0v) is 10.2. The molecule has 16 heavy (non-hydrogen) atoms. The quantitative estimate of drug-likeness (QED) is 0.802. The van der Waals surface area contributed by atoms with E-state index in [1.54, 1.807) is 0 Å². The highest BCUT2D eigenvalue weighted by molar-refractivity contribution is 4.97. The van der Waals surface area contributed by atoms with E-state index in [9.17, 15) is 0 Å². The van der Waals surface area contributed by atoms with E-state index in [1.165, 1.54) is 44.2 Å². The lowest BCUT2D eigenvalue weighted by Crippen LogP contribution is -2.36. The Morgan fingerprint density at radius 2 is 2.25 bits per heavy atom. The molecule has 1 fully saturated rings. The third-order valence-electron chi connectivity index (χ3n) is 3.77. The van der Waals surface area contributed by atoms with Gasteiger partial charge in [0.05, 0.1) is 0 Å². The van der Waals surface area contributed by atoms with Crippen LogP contribution in [0.5, 0.6) is 0 Å². The molecule has 90 valence electrons. The third kappa shape index (κ3) is 3.08. The van der Waals surface area contributed by atoms with Gasteiger partial charge in [0.15, 0.2) is 0 Å². The van der Waals surface area contributed by atoms with Crippen LogP contribution in [0.3, 0.4) is 0 Å². The van der Waals surface area contributed by atoms with E-state index in [0.717, 1.165) is 12.5 Å². The molecular weight excluding hydrogens is 198 g/mol. The topological polar surface area (TPSA) is 40.7 Å². The molecule has 1 aliphatic carbocycles. The molecule has 3 heteroatoms. The highest BCUT2D eigenvalue weighted by Gasteiger charge is 2.21. The summed E-state index contributed by atoms with van der Waals surface area (Å²) in [6.07, 6.45) is 10.2. The molecule has 3 nitrogen and oxygen atoms in total. The van der Waals surface area contributed by atoms with Crippen molar-refractivity contribution in [3.63, 3.8) is 0 Å². The monoisotopic (exact) mass is 221 g/mol. The predicted molar refractivity (Wildman–Crippen MR) is 66.1 cm³/mol. The van der Waals surface area contributed by atoms with Gasteiger partial charge in [0, 0.05) is 24.5 Å². The molecule has 2 N–H and O–H groups in total. The zero-order chi connectivity index (χ0) is 11.2. The fourth-order valence-electron chi connectivity index (χ4n) is 2.81. The van der Waals surface area contributed by atoms with Gasteiger partial charge in [-0.3, -0.25) is 5.10 Å². The number of rotatable bonds is 5. The first-order chi connectivity index (χ1) is 7.90. The molecule has 0 amide bonds. The summed E-state index contributed by atoms with van der Waals surface area (Å²) in [4.78, 5) is 0. The number of aromatic amines is 1. The lowest BCUT2D eigenvalue weighted by atomic mass is 9.83. The fourth-order valence-corrected chi connectivity index (χ4v) is 2.81. The van der Waals surface area contributed by atoms with E-state index in [-0.39, 0.29) is 0 Å². The Hall–Kier alpha value is -0.830. The highest BCUT2D eigenvalue weighted by Crippen LogP contribution is 2.27. The summed E-state index contributed by atoms with van der Waals surface area (Å²) in [5.74, 6) is 0.890. The van der Waals surface area contributed by atoms with Crippen LogP contribution in [0.2, 0.25) is 0 Å². The van der Waals surface area contributed by atoms with Crippen LogP contribution in [-0.4, -0.2) is 16.2 Å². The van der Waals surface area contributed by atoms with E-state index in [1.807, 2.05) is 12.3 Å². The van der Waals surface area contributed by atoms with Crippen molar-refractivity contribution in [1.29, 1.82) is 0 Å². The van der Waals surface area contributed by atoms with Crippen molar-refractivity contribution >= 4 is 0 Å². The Morgan fingerprint density at radius 1 is 1.44 bits per heavy atom. The molecular formula is C13H23N3. The molecule has 0 aromatic carbocycles. The van der Waals surface area contributed by atoms with Crippen molar-refractivity contribution in [2.24, 2.45) is 5.92 Å². The van der Waals surface area contributed by atoms with Crippen LogP contribution in [0, 0.1) is 5.92 Å². The van der Waals surface area contributed by atoms with Gasteiger partial charge in [-0.15, -0.1) is 0 Å². The van der Waals surface area contributed by atoms with E-state index in [4.69, 9.17) is 0 Å². The van der Waals surface area contributed by atoms with Crippen molar-refractivity contribution in [3.8, 4) is 0 Å². The highest BCUT2D eigenvalue weighted by atomic mass is 15.1. The van der Waals surface area contributed by atoms with Gasteiger partial charge >= 0.3 is 0 Å². The zero-order valence-electron chi connectivity index (χ0n) is 10.2. The smallest absolute Gasteiger partial charge is 0.0490 e. The lowest BCUT2D eigenvalue weighted by Gasteiger charge is -2.30. The summed E-state index contributed by atoms with van der Waals surface area (Å²) < 4.78 is 0. The molecule has 2 rings (SSSR count). The SMILES string of the molecule is CCC(NCc1ccn[nH]1)C1CCCCC1. The van der Waals surface area contributed by atoms with Crippen molar-refractivity contribution < 1.29 is 0 Å². The number of aromatic nitrogens is 2. The van der Waals surface area contributed by atoms with Gasteiger partial charge in [0.25, 0.3) is 0 Å². The lowest BCUT2D eigenvalue weighted by molar-refractivity contribution is 0.261. The summed E-state index contributed by atoms with van der Waals surface area (Å²) in [6.45, 7) is 3.22. The minimum Gasteiger partial charge on any atom is -0.308 e. The molecule has 1 heterocycles. The standard InChI is InChI=1S/C13H23N3/c1-2-13(11-6-4-3-5-7-11)14-10-12-8-9-15-16-12/h8-9,11,13-14H,2-7,10H2,1H3,(H,15,16). The van der Waals surface area contributed by atoms with Crippen molar-refractivity contribution in [2.75, 3.05) is 0 Å². The Labute approximate surface area is 98.0 Å². The van der Waals surface area contributed by atoms with Gasteiger partial charge in [-0.1, -0.05) is 26.2 Å². The number of H-pyrrole nitrogens is 1. The van der Waals surface area contributed by atoms with Gasteiger partial charge in [0.1, 0.15) is 0 Å². The van der Waals surface area contributed by atoms with Crippen LogP contribution in [0.4, 0.5) is 0 Å². The van der Waals surface area contributed by atoms with Crippen molar-refractivity contribution in [3.05, 3.63) is 18.0 Å². The average molecular weight is 221 g/mol. The Bertz CT molecular complexity index is 275. The van der Waals surface area contributed by atoms with Crippen LogP contribution in [-0.2, 0) is 6.54 Å². The Balaban J connectivity index is 1.80. The van der Waals surface area contributed by atoms with E-state index in [2.05, 4.69) is 22.4 Å². The van der Waals surface area contributed by atoms with E-state index in [0.29, 0.717) is 6.04 Å². The largest absolute Gasteiger partial charge is 0.308 e. The molecule has 1 aliphatic rings. The summed E-state index contributed by atoms with van der Waals surface area (Å²) in [6, 6.07) is 2.73. The maximum atomic E-state index is 3.97. The summed E-state index contributed by atoms with van der Waals surface area (Å²) in [5.41, 5.74) is 1.19. The fraction of sp³-hybridized carbons (Fsp3) is 0.769. The van der Waals surface area contributed by atoms with E-state index >= 15 is 0 Å². The minimum atomic E-state index is 0.684. The minimum absolute atomic E-state index is 0.684. The average Bonchev–Trinajstić information content (AvgIpc) is 2.84. The first-order valence-corrected chi connectivity index (χ1v) is 6.61. The summed E-state index contributed by atoms with van der Waals surface area (Å²) in [5, 5.41) is 10.7. The molecule has 1 unspecified atom stereocenters. The normalized spacial score (nSPS) is 19.8. The molecule has 0 saturated heterocycles. The molecule has 0 radical (unpaired) electrons. The first kappa shape index (κ1) is 11.6. The van der Waals surface area contributed by atoms with Crippen molar-refractivity contribution in [1.82, 2.24) is 15.5 Å². The van der Waals surface area contributed by atoms with Crippen LogP contribution in [0.15, 0.2) is 12.3 Å². The van der Waals surface area contributed by atoms with E-state index < -0.39 is 0 Å². The van der Waals surface area contributed by atoms with Gasteiger partial charge in [-0.05, 0) is 31.2 Å². The molecule has 0 aliphatic heterocycles. The summed E-state index contributed by atoms with van der Waals surface area (Å²) in [7, 11) is 0. The Morgan fingerprint density at radius 3 is 2.88 bits per heavy atom. The van der Waals surface area contributed by atoms with Gasteiger partial charge in [-0.2, -0.15) is 5.10 Å². The number of hydrogen-bond donors (Lipinski definition) is 2. The maximum Gasteiger partial charge on any atom is 0.0490 e. The van der Waals surface area contributed by atoms with Crippen molar-refractivity contribution in [2.45, 2.75) is 58.0 Å².